The number of hydrogen-bond donors (Lipinski definition) is 1. The van der Waals surface area contributed by atoms with Crippen LogP contribution >= 0.6 is 12.4 Å². The van der Waals surface area contributed by atoms with E-state index in [9.17, 15) is 8.42 Å². The normalized spacial score (nSPS) is 18.0. The zero-order valence-corrected chi connectivity index (χ0v) is 12.0. The highest BCUT2D eigenvalue weighted by atomic mass is 35.5. The summed E-state index contributed by atoms with van der Waals surface area (Å²) in [4.78, 5) is 0. The van der Waals surface area contributed by atoms with Crippen LogP contribution < -0.4 is 5.73 Å². The summed E-state index contributed by atoms with van der Waals surface area (Å²) in [6, 6.07) is 0.139. The van der Waals surface area contributed by atoms with Gasteiger partial charge in [-0.25, -0.2) is 12.7 Å². The number of piperidine rings is 1. The molecule has 0 unspecified atom stereocenters. The first-order chi connectivity index (χ1) is 8.06. The van der Waals surface area contributed by atoms with Gasteiger partial charge in [0.05, 0.1) is 5.75 Å². The maximum absolute atomic E-state index is 11.9. The molecule has 106 valence electrons. The van der Waals surface area contributed by atoms with Gasteiger partial charge in [0.1, 0.15) is 6.61 Å². The van der Waals surface area contributed by atoms with Gasteiger partial charge in [0, 0.05) is 25.7 Å². The molecule has 0 saturated carbocycles. The largest absolute Gasteiger partial charge is 0.369 e. The smallest absolute Gasteiger partial charge is 0.214 e. The Morgan fingerprint density at radius 1 is 1.39 bits per heavy atom. The molecule has 0 aromatic carbocycles. The molecule has 5 nitrogen and oxygen atoms in total. The second-order valence-electron chi connectivity index (χ2n) is 4.16. The lowest BCUT2D eigenvalue weighted by molar-refractivity contribution is 0.168. The Morgan fingerprint density at radius 3 is 2.56 bits per heavy atom. The van der Waals surface area contributed by atoms with Crippen molar-refractivity contribution in [2.75, 3.05) is 32.1 Å². The van der Waals surface area contributed by atoms with E-state index in [-0.39, 0.29) is 30.8 Å². The van der Waals surface area contributed by atoms with Crippen LogP contribution in [0.2, 0.25) is 0 Å². The minimum Gasteiger partial charge on any atom is -0.369 e. The summed E-state index contributed by atoms with van der Waals surface area (Å²) in [5, 5.41) is 0. The van der Waals surface area contributed by atoms with E-state index in [0.29, 0.717) is 26.1 Å². The van der Waals surface area contributed by atoms with Crippen molar-refractivity contribution in [3.63, 3.8) is 0 Å². The Labute approximate surface area is 116 Å². The predicted molar refractivity (Wildman–Crippen MR) is 74.1 cm³/mol. The maximum Gasteiger partial charge on any atom is 0.214 e. The van der Waals surface area contributed by atoms with E-state index >= 15 is 0 Å². The highest BCUT2D eigenvalue weighted by Crippen LogP contribution is 2.13. The van der Waals surface area contributed by atoms with Crippen molar-refractivity contribution in [3.8, 4) is 12.3 Å². The Balaban J connectivity index is 0.00000289. The van der Waals surface area contributed by atoms with Crippen LogP contribution in [0.25, 0.3) is 0 Å². The molecule has 1 fully saturated rings. The number of sulfonamides is 1. The molecular weight excluding hydrogens is 276 g/mol. The summed E-state index contributed by atoms with van der Waals surface area (Å²) in [5.41, 5.74) is 5.73. The molecule has 1 rings (SSSR count). The average Bonchev–Trinajstić information content (AvgIpc) is 2.29. The Morgan fingerprint density at radius 2 is 2.00 bits per heavy atom. The zero-order chi connectivity index (χ0) is 12.7. The topological polar surface area (TPSA) is 72.6 Å². The van der Waals surface area contributed by atoms with Crippen LogP contribution in [0.15, 0.2) is 0 Å². The van der Waals surface area contributed by atoms with Crippen LogP contribution in [-0.4, -0.2) is 50.8 Å². The first-order valence-electron chi connectivity index (χ1n) is 5.81. The molecule has 0 aromatic heterocycles. The second kappa shape index (κ2) is 8.73. The molecule has 1 heterocycles. The number of nitrogens with two attached hydrogens (primary N) is 1. The van der Waals surface area contributed by atoms with Crippen molar-refractivity contribution in [3.05, 3.63) is 0 Å². The Kier molecular flexibility index (Phi) is 8.57. The third-order valence-corrected chi connectivity index (χ3v) is 4.72. The molecule has 2 N–H and O–H groups in total. The third kappa shape index (κ3) is 6.03. The lowest BCUT2D eigenvalue weighted by Gasteiger charge is -2.29. The zero-order valence-electron chi connectivity index (χ0n) is 10.4. The van der Waals surface area contributed by atoms with Crippen molar-refractivity contribution in [2.24, 2.45) is 5.73 Å². The highest BCUT2D eigenvalue weighted by molar-refractivity contribution is 7.89. The summed E-state index contributed by atoms with van der Waals surface area (Å²) < 4.78 is 30.4. The van der Waals surface area contributed by atoms with Crippen molar-refractivity contribution >= 4 is 22.4 Å². The SMILES string of the molecule is C#CCOCCCS(=O)(=O)N1CCC(N)CC1.Cl. The van der Waals surface area contributed by atoms with Crippen LogP contribution in [-0.2, 0) is 14.8 Å². The standard InChI is InChI=1S/C11H20N2O3S.ClH/c1-2-8-16-9-3-10-17(14,15)13-6-4-11(12)5-7-13;/h1,11H,3-10,12H2;1H. The van der Waals surface area contributed by atoms with Gasteiger partial charge in [-0.1, -0.05) is 5.92 Å². The number of terminal acetylenes is 1. The van der Waals surface area contributed by atoms with E-state index in [1.807, 2.05) is 0 Å². The van der Waals surface area contributed by atoms with Crippen LogP contribution in [0.4, 0.5) is 0 Å². The first-order valence-corrected chi connectivity index (χ1v) is 7.42. The molecule has 0 amide bonds. The lowest BCUT2D eigenvalue weighted by atomic mass is 10.1. The van der Waals surface area contributed by atoms with Gasteiger partial charge in [-0.3, -0.25) is 0 Å². The van der Waals surface area contributed by atoms with Crippen LogP contribution in [0, 0.1) is 12.3 Å². The maximum atomic E-state index is 11.9. The minimum absolute atomic E-state index is 0. The molecule has 1 saturated heterocycles. The van der Waals surface area contributed by atoms with Gasteiger partial charge >= 0.3 is 0 Å². The van der Waals surface area contributed by atoms with Gasteiger partial charge in [0.15, 0.2) is 0 Å². The highest BCUT2D eigenvalue weighted by Gasteiger charge is 2.25. The molecule has 0 bridgehead atoms. The van der Waals surface area contributed by atoms with Crippen LogP contribution in [0.3, 0.4) is 0 Å². The Bertz CT molecular complexity index is 359. The van der Waals surface area contributed by atoms with Crippen LogP contribution in [0.5, 0.6) is 0 Å². The van der Waals surface area contributed by atoms with E-state index < -0.39 is 10.0 Å². The molecule has 1 aliphatic rings. The van der Waals surface area contributed by atoms with Gasteiger partial charge in [-0.15, -0.1) is 18.8 Å². The minimum atomic E-state index is -3.15. The number of rotatable bonds is 6. The molecule has 0 aromatic rings. The van der Waals surface area contributed by atoms with Gasteiger partial charge in [0.25, 0.3) is 0 Å². The van der Waals surface area contributed by atoms with Crippen LogP contribution in [0.1, 0.15) is 19.3 Å². The molecule has 0 aliphatic carbocycles. The molecule has 7 heteroatoms. The molecule has 1 aliphatic heterocycles. The number of nitrogens with zero attached hydrogens (tertiary/aromatic N) is 1. The number of ether oxygens (including phenoxy) is 1. The second-order valence-corrected chi connectivity index (χ2v) is 6.25. The molecule has 0 spiro atoms. The predicted octanol–water partition coefficient (Wildman–Crippen LogP) is 0.201. The van der Waals surface area contributed by atoms with E-state index in [0.717, 1.165) is 12.8 Å². The monoisotopic (exact) mass is 296 g/mol. The fourth-order valence-electron chi connectivity index (χ4n) is 1.76. The fraction of sp³-hybridized carbons (Fsp3) is 0.818. The summed E-state index contributed by atoms with van der Waals surface area (Å²) in [6.45, 7) is 1.69. The van der Waals surface area contributed by atoms with E-state index in [1.165, 1.54) is 4.31 Å². The van der Waals surface area contributed by atoms with Crippen molar-refractivity contribution in [1.82, 2.24) is 4.31 Å². The molecule has 0 atom stereocenters. The number of hydrogen-bond acceptors (Lipinski definition) is 4. The number of halogens is 1. The van der Waals surface area contributed by atoms with Gasteiger partial charge in [0.2, 0.25) is 10.0 Å². The van der Waals surface area contributed by atoms with E-state index in [4.69, 9.17) is 16.9 Å². The third-order valence-electron chi connectivity index (χ3n) is 2.77. The summed E-state index contributed by atoms with van der Waals surface area (Å²) in [7, 11) is -3.15. The van der Waals surface area contributed by atoms with Gasteiger partial charge in [-0.05, 0) is 19.3 Å². The fourth-order valence-corrected chi connectivity index (χ4v) is 3.27. The summed E-state index contributed by atoms with van der Waals surface area (Å²) >= 11 is 0. The lowest BCUT2D eigenvalue weighted by Crippen LogP contribution is -2.43. The molecule has 18 heavy (non-hydrogen) atoms. The van der Waals surface area contributed by atoms with E-state index in [2.05, 4.69) is 5.92 Å². The molecular formula is C11H21ClN2O3S. The molecule has 0 radical (unpaired) electrons. The average molecular weight is 297 g/mol. The first kappa shape index (κ1) is 17.7. The van der Waals surface area contributed by atoms with Crippen molar-refractivity contribution in [1.29, 1.82) is 0 Å². The summed E-state index contributed by atoms with van der Waals surface area (Å²) in [5.74, 6) is 2.46. The van der Waals surface area contributed by atoms with E-state index in [1.54, 1.807) is 0 Å². The quantitative estimate of drug-likeness (QED) is 0.561. The van der Waals surface area contributed by atoms with Crippen molar-refractivity contribution in [2.45, 2.75) is 25.3 Å². The van der Waals surface area contributed by atoms with Gasteiger partial charge < -0.3 is 10.5 Å². The van der Waals surface area contributed by atoms with Crippen molar-refractivity contribution < 1.29 is 13.2 Å². The Hall–Kier alpha value is -0.320. The summed E-state index contributed by atoms with van der Waals surface area (Å²) in [6.07, 6.45) is 6.98. The van der Waals surface area contributed by atoms with Gasteiger partial charge in [-0.2, -0.15) is 0 Å².